The van der Waals surface area contributed by atoms with Crippen LogP contribution < -0.4 is 11.1 Å². The van der Waals surface area contributed by atoms with E-state index in [1.54, 1.807) is 24.0 Å². The number of carbonyl (C=O) groups is 1. The molecule has 0 unspecified atom stereocenters. The van der Waals surface area contributed by atoms with Gasteiger partial charge >= 0.3 is 0 Å². The molecular formula is C13H12N4OS. The van der Waals surface area contributed by atoms with E-state index < -0.39 is 0 Å². The van der Waals surface area contributed by atoms with Crippen LogP contribution in [-0.2, 0) is 6.54 Å². The van der Waals surface area contributed by atoms with Crippen molar-refractivity contribution in [3.05, 3.63) is 46.2 Å². The summed E-state index contributed by atoms with van der Waals surface area (Å²) in [4.78, 5) is 20.1. The first-order chi connectivity index (χ1) is 9.31. The topological polar surface area (TPSA) is 80.9 Å². The number of pyridine rings is 1. The van der Waals surface area contributed by atoms with Gasteiger partial charge in [-0.3, -0.25) is 9.78 Å². The molecule has 2 rings (SSSR count). The molecule has 19 heavy (non-hydrogen) atoms. The molecule has 2 aromatic heterocycles. The third kappa shape index (κ3) is 3.61. The number of rotatable bonds is 3. The van der Waals surface area contributed by atoms with E-state index in [4.69, 9.17) is 5.73 Å². The number of nitrogens with one attached hydrogen (secondary N) is 1. The Hall–Kier alpha value is -2.23. The van der Waals surface area contributed by atoms with E-state index in [9.17, 15) is 4.79 Å². The molecule has 0 aromatic carbocycles. The summed E-state index contributed by atoms with van der Waals surface area (Å²) >= 11 is 1.49. The van der Waals surface area contributed by atoms with Crippen LogP contribution in [0.5, 0.6) is 0 Å². The first-order valence-corrected chi connectivity index (χ1v) is 6.53. The normalized spacial score (nSPS) is 9.53. The highest BCUT2D eigenvalue weighted by atomic mass is 32.1. The summed E-state index contributed by atoms with van der Waals surface area (Å²) in [6.45, 7) is 0.642. The van der Waals surface area contributed by atoms with Crippen molar-refractivity contribution < 1.29 is 4.79 Å². The summed E-state index contributed by atoms with van der Waals surface area (Å²) in [5.41, 5.74) is 8.95. The minimum Gasteiger partial charge on any atom is -0.346 e. The monoisotopic (exact) mass is 272 g/mol. The zero-order valence-corrected chi connectivity index (χ0v) is 10.9. The summed E-state index contributed by atoms with van der Waals surface area (Å²) in [5.74, 6) is 5.35. The molecule has 3 N–H and O–H groups in total. The highest BCUT2D eigenvalue weighted by Crippen LogP contribution is 2.06. The van der Waals surface area contributed by atoms with Crippen LogP contribution in [0.15, 0.2) is 29.4 Å². The van der Waals surface area contributed by atoms with Crippen LogP contribution >= 0.6 is 11.3 Å². The smallest absolute Gasteiger partial charge is 0.252 e. The second kappa shape index (κ2) is 6.64. The van der Waals surface area contributed by atoms with Crippen molar-refractivity contribution in [2.45, 2.75) is 6.54 Å². The number of hydrogen-bond acceptors (Lipinski definition) is 5. The van der Waals surface area contributed by atoms with Crippen LogP contribution in [-0.4, -0.2) is 22.4 Å². The fraction of sp³-hybridized carbons (Fsp3) is 0.154. The molecule has 0 aliphatic heterocycles. The average Bonchev–Trinajstić information content (AvgIpc) is 2.96. The van der Waals surface area contributed by atoms with Crippen LogP contribution in [0.1, 0.15) is 21.6 Å². The van der Waals surface area contributed by atoms with Gasteiger partial charge < -0.3 is 11.1 Å². The lowest BCUT2D eigenvalue weighted by molar-refractivity contribution is 0.0950. The van der Waals surface area contributed by atoms with Gasteiger partial charge in [0.2, 0.25) is 0 Å². The van der Waals surface area contributed by atoms with Gasteiger partial charge in [0.05, 0.1) is 35.4 Å². The summed E-state index contributed by atoms with van der Waals surface area (Å²) in [6.07, 6.45) is 3.12. The Bertz CT molecular complexity index is 613. The van der Waals surface area contributed by atoms with Crippen LogP contribution in [0.3, 0.4) is 0 Å². The standard InChI is InChI=1S/C13H12N4OS/c14-4-1-2-10-6-15-5-3-12(10)13(18)16-7-11-8-19-9-17-11/h3,5-6,8-9H,4,7,14H2,(H,16,18). The Morgan fingerprint density at radius 3 is 3.16 bits per heavy atom. The van der Waals surface area contributed by atoms with Crippen LogP contribution in [0.4, 0.5) is 0 Å². The highest BCUT2D eigenvalue weighted by molar-refractivity contribution is 7.07. The van der Waals surface area contributed by atoms with Crippen molar-refractivity contribution in [3.8, 4) is 11.8 Å². The van der Waals surface area contributed by atoms with Gasteiger partial charge in [-0.1, -0.05) is 11.8 Å². The second-order valence-electron chi connectivity index (χ2n) is 3.59. The van der Waals surface area contributed by atoms with E-state index >= 15 is 0 Å². The molecule has 0 saturated carbocycles. The van der Waals surface area contributed by atoms with Crippen LogP contribution in [0.25, 0.3) is 0 Å². The van der Waals surface area contributed by atoms with Gasteiger partial charge in [0.15, 0.2) is 0 Å². The quantitative estimate of drug-likeness (QED) is 0.809. The van der Waals surface area contributed by atoms with Gasteiger partial charge in [0.25, 0.3) is 5.91 Å². The van der Waals surface area contributed by atoms with Crippen LogP contribution in [0.2, 0.25) is 0 Å². The van der Waals surface area contributed by atoms with E-state index in [0.29, 0.717) is 17.7 Å². The zero-order valence-electron chi connectivity index (χ0n) is 10.1. The highest BCUT2D eigenvalue weighted by Gasteiger charge is 2.09. The predicted molar refractivity (Wildman–Crippen MR) is 73.5 cm³/mol. The third-order valence-corrected chi connectivity index (χ3v) is 2.94. The number of nitrogens with two attached hydrogens (primary N) is 1. The largest absolute Gasteiger partial charge is 0.346 e. The summed E-state index contributed by atoms with van der Waals surface area (Å²) in [5, 5.41) is 4.69. The summed E-state index contributed by atoms with van der Waals surface area (Å²) < 4.78 is 0. The van der Waals surface area contributed by atoms with Gasteiger partial charge in [-0.05, 0) is 6.07 Å². The lowest BCUT2D eigenvalue weighted by Gasteiger charge is -2.05. The lowest BCUT2D eigenvalue weighted by atomic mass is 10.1. The Balaban J connectivity index is 2.10. The molecule has 2 heterocycles. The van der Waals surface area contributed by atoms with E-state index in [1.165, 1.54) is 11.3 Å². The number of nitrogens with zero attached hydrogens (tertiary/aromatic N) is 2. The minimum atomic E-state index is -0.197. The Labute approximate surface area is 114 Å². The fourth-order valence-corrected chi connectivity index (χ4v) is 1.99. The Morgan fingerprint density at radius 2 is 2.42 bits per heavy atom. The number of amides is 1. The van der Waals surface area contributed by atoms with E-state index in [0.717, 1.165) is 5.69 Å². The Kier molecular flexibility index (Phi) is 4.61. The van der Waals surface area contributed by atoms with Crippen molar-refractivity contribution in [3.63, 3.8) is 0 Å². The lowest BCUT2D eigenvalue weighted by Crippen LogP contribution is -2.23. The molecule has 0 spiro atoms. The second-order valence-corrected chi connectivity index (χ2v) is 4.31. The molecule has 5 nitrogen and oxygen atoms in total. The summed E-state index contributed by atoms with van der Waals surface area (Å²) in [7, 11) is 0. The predicted octanol–water partition coefficient (Wildman–Crippen LogP) is 0.778. The maximum atomic E-state index is 12.1. The van der Waals surface area contributed by atoms with Gasteiger partial charge in [-0.2, -0.15) is 0 Å². The molecule has 0 saturated heterocycles. The Morgan fingerprint density at radius 1 is 1.53 bits per heavy atom. The maximum absolute atomic E-state index is 12.1. The van der Waals surface area contributed by atoms with Gasteiger partial charge in [-0.25, -0.2) is 4.98 Å². The summed E-state index contributed by atoms with van der Waals surface area (Å²) in [6, 6.07) is 1.64. The van der Waals surface area contributed by atoms with Gasteiger partial charge in [-0.15, -0.1) is 11.3 Å². The number of aromatic nitrogens is 2. The molecule has 1 amide bonds. The third-order valence-electron chi connectivity index (χ3n) is 2.30. The molecule has 0 atom stereocenters. The molecule has 0 aliphatic carbocycles. The molecule has 6 heteroatoms. The molecule has 0 radical (unpaired) electrons. The van der Waals surface area contributed by atoms with Crippen LogP contribution in [0, 0.1) is 11.8 Å². The zero-order chi connectivity index (χ0) is 13.5. The SMILES string of the molecule is NCC#Cc1cnccc1C(=O)NCc1cscn1. The fourth-order valence-electron chi connectivity index (χ4n) is 1.43. The van der Waals surface area contributed by atoms with Crippen molar-refractivity contribution in [1.82, 2.24) is 15.3 Å². The van der Waals surface area contributed by atoms with E-state index in [-0.39, 0.29) is 12.5 Å². The van der Waals surface area contributed by atoms with Crippen molar-refractivity contribution in [1.29, 1.82) is 0 Å². The van der Waals surface area contributed by atoms with Gasteiger partial charge in [0, 0.05) is 17.8 Å². The molecule has 2 aromatic rings. The average molecular weight is 272 g/mol. The van der Waals surface area contributed by atoms with Crippen molar-refractivity contribution in [2.24, 2.45) is 5.73 Å². The minimum absolute atomic E-state index is 0.197. The van der Waals surface area contributed by atoms with Gasteiger partial charge in [0.1, 0.15) is 0 Å². The number of thiazole rings is 1. The first-order valence-electron chi connectivity index (χ1n) is 5.59. The maximum Gasteiger partial charge on any atom is 0.252 e. The molecule has 0 aliphatic rings. The molecule has 0 fully saturated rings. The van der Waals surface area contributed by atoms with E-state index in [2.05, 4.69) is 27.1 Å². The number of hydrogen-bond donors (Lipinski definition) is 2. The molecule has 0 bridgehead atoms. The molecule has 96 valence electrons. The first kappa shape index (κ1) is 13.2. The number of carbonyl (C=O) groups excluding carboxylic acids is 1. The molecular weight excluding hydrogens is 260 g/mol. The van der Waals surface area contributed by atoms with Crippen molar-refractivity contribution in [2.75, 3.05) is 6.54 Å². The van der Waals surface area contributed by atoms with E-state index in [1.807, 2.05) is 5.38 Å². The van der Waals surface area contributed by atoms with Crippen molar-refractivity contribution >= 4 is 17.2 Å².